The molecule has 0 spiro atoms. The Bertz CT molecular complexity index is 985. The van der Waals surface area contributed by atoms with Gasteiger partial charge in [-0.1, -0.05) is 43.2 Å². The molecule has 3 aromatic rings. The van der Waals surface area contributed by atoms with E-state index < -0.39 is 0 Å². The van der Waals surface area contributed by atoms with Crippen molar-refractivity contribution < 1.29 is 9.53 Å². The Balaban J connectivity index is 1.51. The van der Waals surface area contributed by atoms with Gasteiger partial charge in [0.15, 0.2) is 5.75 Å². The van der Waals surface area contributed by atoms with E-state index >= 15 is 0 Å². The molecule has 0 bridgehead atoms. The molecular weight excluding hydrogens is 364 g/mol. The third-order valence-corrected chi connectivity index (χ3v) is 4.88. The summed E-state index contributed by atoms with van der Waals surface area (Å²) in [6, 6.07) is 18.9. The maximum atomic E-state index is 12.9. The van der Waals surface area contributed by atoms with Crippen LogP contribution in [0.15, 0.2) is 60.7 Å². The maximum Gasteiger partial charge on any atom is 0.274 e. The molecule has 4 rings (SSSR count). The number of nitrogens with one attached hydrogen (secondary N) is 2. The summed E-state index contributed by atoms with van der Waals surface area (Å²) in [5.74, 6) is 1.49. The highest BCUT2D eigenvalue weighted by atomic mass is 16.5. The predicted molar refractivity (Wildman–Crippen MR) is 114 cm³/mol. The lowest BCUT2D eigenvalue weighted by Crippen LogP contribution is -2.20. The van der Waals surface area contributed by atoms with Crippen molar-refractivity contribution in [1.82, 2.24) is 9.97 Å². The number of rotatable bonds is 6. The molecule has 1 aliphatic rings. The Hall–Kier alpha value is -3.41. The van der Waals surface area contributed by atoms with Crippen molar-refractivity contribution in [2.24, 2.45) is 0 Å². The van der Waals surface area contributed by atoms with Crippen molar-refractivity contribution in [1.29, 1.82) is 0 Å². The summed E-state index contributed by atoms with van der Waals surface area (Å²) < 4.78 is 5.92. The molecule has 29 heavy (non-hydrogen) atoms. The second kappa shape index (κ2) is 8.73. The number of aromatic nitrogens is 2. The summed E-state index contributed by atoms with van der Waals surface area (Å²) in [5.41, 5.74) is 1.66. The fourth-order valence-electron chi connectivity index (χ4n) is 3.46. The van der Waals surface area contributed by atoms with Crippen molar-refractivity contribution in [3.05, 3.63) is 72.1 Å². The lowest BCUT2D eigenvalue weighted by Gasteiger charge is -2.14. The summed E-state index contributed by atoms with van der Waals surface area (Å²) in [6.07, 6.45) is 4.66. The first-order valence-corrected chi connectivity index (χ1v) is 9.93. The number of ether oxygens (including phenoxy) is 1. The summed E-state index contributed by atoms with van der Waals surface area (Å²) in [4.78, 5) is 21.7. The highest BCUT2D eigenvalue weighted by Crippen LogP contribution is 2.29. The van der Waals surface area contributed by atoms with Crippen LogP contribution in [0.5, 0.6) is 11.5 Å². The number of nitrogens with zero attached hydrogens (tertiary/aromatic N) is 2. The van der Waals surface area contributed by atoms with Crippen molar-refractivity contribution in [2.45, 2.75) is 38.6 Å². The topological polar surface area (TPSA) is 76.1 Å². The molecule has 1 aromatic heterocycles. The van der Waals surface area contributed by atoms with Crippen LogP contribution in [0.25, 0.3) is 0 Å². The summed E-state index contributed by atoms with van der Waals surface area (Å²) >= 11 is 0. The van der Waals surface area contributed by atoms with Crippen molar-refractivity contribution >= 4 is 17.5 Å². The molecule has 1 heterocycles. The Kier molecular flexibility index (Phi) is 5.70. The number of anilines is 2. The molecule has 0 atom stereocenters. The molecule has 148 valence electrons. The van der Waals surface area contributed by atoms with Gasteiger partial charge in [0, 0.05) is 11.7 Å². The highest BCUT2D eigenvalue weighted by molar-refractivity contribution is 6.03. The van der Waals surface area contributed by atoms with E-state index in [9.17, 15) is 4.79 Å². The molecule has 0 saturated heterocycles. The molecular formula is C23H24N4O2. The molecule has 6 nitrogen and oxygen atoms in total. The maximum absolute atomic E-state index is 12.9. The zero-order chi connectivity index (χ0) is 20.1. The monoisotopic (exact) mass is 388 g/mol. The van der Waals surface area contributed by atoms with Crippen LogP contribution in [-0.4, -0.2) is 21.9 Å². The minimum atomic E-state index is -0.297. The van der Waals surface area contributed by atoms with Gasteiger partial charge in [-0.3, -0.25) is 4.79 Å². The van der Waals surface area contributed by atoms with Gasteiger partial charge in [-0.15, -0.1) is 0 Å². The molecule has 2 N–H and O–H groups in total. The van der Waals surface area contributed by atoms with Crippen molar-refractivity contribution in [2.75, 3.05) is 10.6 Å². The number of hydrogen-bond donors (Lipinski definition) is 2. The summed E-state index contributed by atoms with van der Waals surface area (Å²) in [7, 11) is 0. The second-order valence-corrected chi connectivity index (χ2v) is 7.21. The minimum Gasteiger partial charge on any atom is -0.455 e. The van der Waals surface area contributed by atoms with E-state index in [4.69, 9.17) is 4.74 Å². The predicted octanol–water partition coefficient (Wildman–Crippen LogP) is 5.18. The van der Waals surface area contributed by atoms with Crippen LogP contribution in [0.3, 0.4) is 0 Å². The average Bonchev–Trinajstić information content (AvgIpc) is 3.23. The van der Waals surface area contributed by atoms with E-state index in [0.717, 1.165) is 18.5 Å². The first-order valence-electron chi connectivity index (χ1n) is 9.93. The first-order chi connectivity index (χ1) is 14.2. The van der Waals surface area contributed by atoms with E-state index in [-0.39, 0.29) is 5.91 Å². The Morgan fingerprint density at radius 3 is 2.52 bits per heavy atom. The summed E-state index contributed by atoms with van der Waals surface area (Å²) in [5, 5.41) is 6.27. The van der Waals surface area contributed by atoms with E-state index in [0.29, 0.717) is 34.9 Å². The van der Waals surface area contributed by atoms with E-state index in [1.165, 1.54) is 12.8 Å². The van der Waals surface area contributed by atoms with Crippen LogP contribution in [-0.2, 0) is 0 Å². The van der Waals surface area contributed by atoms with Gasteiger partial charge < -0.3 is 15.4 Å². The van der Waals surface area contributed by atoms with Crippen LogP contribution >= 0.6 is 0 Å². The smallest absolute Gasteiger partial charge is 0.274 e. The van der Waals surface area contributed by atoms with E-state index in [1.54, 1.807) is 6.07 Å². The fraction of sp³-hybridized carbons (Fsp3) is 0.261. The van der Waals surface area contributed by atoms with Gasteiger partial charge in [0.05, 0.1) is 5.69 Å². The molecule has 1 fully saturated rings. The SMILES string of the molecule is Cc1cc(C(=O)Nc2ccccc2Oc2ccccc2)nc(NC2CCCC2)n1. The number of carbonyl (C=O) groups is 1. The zero-order valence-corrected chi connectivity index (χ0v) is 16.4. The Morgan fingerprint density at radius 1 is 1.00 bits per heavy atom. The van der Waals surface area contributed by atoms with Crippen LogP contribution in [0.2, 0.25) is 0 Å². The molecule has 2 aromatic carbocycles. The van der Waals surface area contributed by atoms with Crippen LogP contribution in [0.4, 0.5) is 11.6 Å². The summed E-state index contributed by atoms with van der Waals surface area (Å²) in [6.45, 7) is 1.87. The molecule has 0 aliphatic heterocycles. The number of amides is 1. The second-order valence-electron chi connectivity index (χ2n) is 7.21. The van der Waals surface area contributed by atoms with Gasteiger partial charge in [0.1, 0.15) is 11.4 Å². The van der Waals surface area contributed by atoms with Crippen LogP contribution in [0.1, 0.15) is 41.9 Å². The molecule has 0 radical (unpaired) electrons. The first kappa shape index (κ1) is 18.9. The number of benzene rings is 2. The minimum absolute atomic E-state index is 0.297. The fourth-order valence-corrected chi connectivity index (χ4v) is 3.46. The molecule has 1 aliphatic carbocycles. The van der Waals surface area contributed by atoms with E-state index in [2.05, 4.69) is 20.6 Å². The Morgan fingerprint density at radius 2 is 1.72 bits per heavy atom. The lowest BCUT2D eigenvalue weighted by molar-refractivity contribution is 0.102. The average molecular weight is 388 g/mol. The molecule has 1 saturated carbocycles. The lowest BCUT2D eigenvalue weighted by atomic mass is 10.2. The molecule has 1 amide bonds. The number of aryl methyl sites for hydroxylation is 1. The number of para-hydroxylation sites is 3. The van der Waals surface area contributed by atoms with Gasteiger partial charge in [-0.25, -0.2) is 9.97 Å². The van der Waals surface area contributed by atoms with E-state index in [1.807, 2.05) is 61.5 Å². The van der Waals surface area contributed by atoms with Crippen LogP contribution < -0.4 is 15.4 Å². The van der Waals surface area contributed by atoms with Gasteiger partial charge in [0.2, 0.25) is 5.95 Å². The normalized spacial score (nSPS) is 13.8. The quantitative estimate of drug-likeness (QED) is 0.608. The van der Waals surface area contributed by atoms with Crippen molar-refractivity contribution in [3.8, 4) is 11.5 Å². The number of carbonyl (C=O) groups excluding carboxylic acids is 1. The Labute approximate surface area is 170 Å². The zero-order valence-electron chi connectivity index (χ0n) is 16.4. The molecule has 6 heteroatoms. The van der Waals surface area contributed by atoms with Crippen LogP contribution in [0, 0.1) is 6.92 Å². The van der Waals surface area contributed by atoms with Gasteiger partial charge >= 0.3 is 0 Å². The molecule has 0 unspecified atom stereocenters. The van der Waals surface area contributed by atoms with Gasteiger partial charge in [-0.05, 0) is 50.1 Å². The third kappa shape index (κ3) is 4.90. The van der Waals surface area contributed by atoms with Gasteiger partial charge in [0.25, 0.3) is 5.91 Å². The van der Waals surface area contributed by atoms with Gasteiger partial charge in [-0.2, -0.15) is 0 Å². The highest BCUT2D eigenvalue weighted by Gasteiger charge is 2.18. The number of hydrogen-bond acceptors (Lipinski definition) is 5. The third-order valence-electron chi connectivity index (χ3n) is 4.88. The largest absolute Gasteiger partial charge is 0.455 e. The van der Waals surface area contributed by atoms with Crippen molar-refractivity contribution in [3.63, 3.8) is 0 Å². The standard InChI is InChI=1S/C23H24N4O2/c1-16-15-20(27-23(24-16)25-17-9-5-6-10-17)22(28)26-19-13-7-8-14-21(19)29-18-11-3-2-4-12-18/h2-4,7-8,11-15,17H,5-6,9-10H2,1H3,(H,26,28)(H,24,25,27).